The number of amides is 2. The summed E-state index contributed by atoms with van der Waals surface area (Å²) in [5, 5.41) is 3.00. The molecule has 100 valence electrons. The number of nitrogens with one attached hydrogen (secondary N) is 1. The molecule has 0 aromatic heterocycles. The lowest BCUT2D eigenvalue weighted by Crippen LogP contribution is -2.50. The van der Waals surface area contributed by atoms with Gasteiger partial charge in [0.2, 0.25) is 11.8 Å². The van der Waals surface area contributed by atoms with E-state index in [4.69, 9.17) is 5.73 Å². The molecule has 0 radical (unpaired) electrons. The third-order valence-corrected chi connectivity index (χ3v) is 2.97. The second-order valence-electron chi connectivity index (χ2n) is 4.21. The Labute approximate surface area is 109 Å². The van der Waals surface area contributed by atoms with Crippen molar-refractivity contribution >= 4 is 24.2 Å². The quantitative estimate of drug-likeness (QED) is 0.700. The van der Waals surface area contributed by atoms with E-state index in [-0.39, 0.29) is 30.3 Å². The summed E-state index contributed by atoms with van der Waals surface area (Å²) >= 11 is 0. The largest absolute Gasteiger partial charge is 0.368 e. The molecule has 6 heteroatoms. The molecule has 1 unspecified atom stereocenters. The number of carbonyl (C=O) groups excluding carboxylic acids is 2. The van der Waals surface area contributed by atoms with Crippen molar-refractivity contribution in [1.29, 1.82) is 0 Å². The van der Waals surface area contributed by atoms with Crippen LogP contribution in [0.2, 0.25) is 0 Å². The highest BCUT2D eigenvalue weighted by molar-refractivity contribution is 5.86. The maximum Gasteiger partial charge on any atom is 0.240 e. The molecule has 1 atom stereocenters. The molecule has 1 saturated heterocycles. The van der Waals surface area contributed by atoms with Gasteiger partial charge in [-0.25, -0.2) is 0 Å². The van der Waals surface area contributed by atoms with Crippen LogP contribution in [0.5, 0.6) is 0 Å². The Morgan fingerprint density at radius 3 is 2.71 bits per heavy atom. The number of halogens is 1. The van der Waals surface area contributed by atoms with Crippen LogP contribution in [0.1, 0.15) is 32.1 Å². The predicted molar refractivity (Wildman–Crippen MR) is 69.0 cm³/mol. The summed E-state index contributed by atoms with van der Waals surface area (Å²) in [4.78, 5) is 24.7. The van der Waals surface area contributed by atoms with Crippen LogP contribution in [0.4, 0.5) is 0 Å². The highest BCUT2D eigenvalue weighted by Gasteiger charge is 2.29. The molecule has 1 fully saturated rings. The van der Waals surface area contributed by atoms with E-state index in [0.29, 0.717) is 19.4 Å². The highest BCUT2D eigenvalue weighted by atomic mass is 35.5. The normalized spacial score (nSPS) is 19.6. The van der Waals surface area contributed by atoms with Crippen LogP contribution in [-0.4, -0.2) is 42.9 Å². The Kier molecular flexibility index (Phi) is 7.91. The number of primary amides is 1. The fourth-order valence-corrected chi connectivity index (χ4v) is 2.09. The Hall–Kier alpha value is -0.810. The molecule has 0 bridgehead atoms. The monoisotopic (exact) mass is 263 g/mol. The van der Waals surface area contributed by atoms with Crippen molar-refractivity contribution in [3.8, 4) is 0 Å². The minimum atomic E-state index is -0.379. The Balaban J connectivity index is 0.00000256. The molecule has 17 heavy (non-hydrogen) atoms. The average molecular weight is 264 g/mol. The van der Waals surface area contributed by atoms with E-state index >= 15 is 0 Å². The van der Waals surface area contributed by atoms with Gasteiger partial charge in [0, 0.05) is 13.0 Å². The van der Waals surface area contributed by atoms with E-state index in [1.807, 2.05) is 7.05 Å². The van der Waals surface area contributed by atoms with Crippen LogP contribution < -0.4 is 11.1 Å². The zero-order chi connectivity index (χ0) is 12.0. The molecular weight excluding hydrogens is 242 g/mol. The molecular formula is C11H22ClN3O2. The summed E-state index contributed by atoms with van der Waals surface area (Å²) in [5.41, 5.74) is 5.31. The lowest BCUT2D eigenvalue weighted by atomic mass is 10.0. The van der Waals surface area contributed by atoms with Crippen molar-refractivity contribution in [2.45, 2.75) is 38.1 Å². The molecule has 1 heterocycles. The minimum Gasteiger partial charge on any atom is -0.368 e. The van der Waals surface area contributed by atoms with Crippen LogP contribution >= 0.6 is 12.4 Å². The minimum absolute atomic E-state index is 0. The first-order valence-electron chi connectivity index (χ1n) is 5.90. The van der Waals surface area contributed by atoms with Crippen LogP contribution in [0, 0.1) is 0 Å². The molecule has 0 aromatic rings. The van der Waals surface area contributed by atoms with Crippen LogP contribution in [0.3, 0.4) is 0 Å². The van der Waals surface area contributed by atoms with Crippen molar-refractivity contribution < 1.29 is 9.59 Å². The summed E-state index contributed by atoms with van der Waals surface area (Å²) in [7, 11) is 1.86. The SMILES string of the molecule is CNCCCC(=O)N1CCCCC1C(N)=O.Cl. The Morgan fingerprint density at radius 1 is 1.41 bits per heavy atom. The lowest BCUT2D eigenvalue weighted by Gasteiger charge is -2.33. The van der Waals surface area contributed by atoms with Crippen LogP contribution in [0.15, 0.2) is 0 Å². The third-order valence-electron chi connectivity index (χ3n) is 2.97. The molecule has 0 aromatic carbocycles. The second-order valence-corrected chi connectivity index (χ2v) is 4.21. The van der Waals surface area contributed by atoms with Crippen LogP contribution in [-0.2, 0) is 9.59 Å². The van der Waals surface area contributed by atoms with Gasteiger partial charge in [-0.05, 0) is 39.3 Å². The zero-order valence-corrected chi connectivity index (χ0v) is 11.1. The maximum absolute atomic E-state index is 11.9. The van der Waals surface area contributed by atoms with Crippen molar-refractivity contribution in [2.24, 2.45) is 5.73 Å². The molecule has 0 spiro atoms. The first kappa shape index (κ1) is 16.2. The van der Waals surface area contributed by atoms with Gasteiger partial charge < -0.3 is 16.0 Å². The number of nitrogens with two attached hydrogens (primary N) is 1. The summed E-state index contributed by atoms with van der Waals surface area (Å²) in [6, 6.07) is -0.379. The van der Waals surface area contributed by atoms with Gasteiger partial charge in [-0.1, -0.05) is 0 Å². The highest BCUT2D eigenvalue weighted by Crippen LogP contribution is 2.17. The van der Waals surface area contributed by atoms with Crippen molar-refractivity contribution in [2.75, 3.05) is 20.1 Å². The predicted octanol–water partition coefficient (Wildman–Crippen LogP) is 0.274. The molecule has 2 amide bonds. The number of piperidine rings is 1. The topological polar surface area (TPSA) is 75.4 Å². The fourth-order valence-electron chi connectivity index (χ4n) is 2.09. The number of nitrogens with zero attached hydrogens (tertiary/aromatic N) is 1. The molecule has 1 aliphatic heterocycles. The molecule has 0 aliphatic carbocycles. The van der Waals surface area contributed by atoms with Crippen molar-refractivity contribution in [3.63, 3.8) is 0 Å². The van der Waals surface area contributed by atoms with E-state index in [9.17, 15) is 9.59 Å². The van der Waals surface area contributed by atoms with Gasteiger partial charge in [-0.3, -0.25) is 9.59 Å². The number of hydrogen-bond acceptors (Lipinski definition) is 3. The smallest absolute Gasteiger partial charge is 0.240 e. The third kappa shape index (κ3) is 4.91. The summed E-state index contributed by atoms with van der Waals surface area (Å²) in [6.45, 7) is 1.49. The van der Waals surface area contributed by atoms with Gasteiger partial charge in [0.25, 0.3) is 0 Å². The van der Waals surface area contributed by atoms with E-state index in [2.05, 4.69) is 5.32 Å². The van der Waals surface area contributed by atoms with E-state index in [0.717, 1.165) is 25.8 Å². The fraction of sp³-hybridized carbons (Fsp3) is 0.818. The van der Waals surface area contributed by atoms with Gasteiger partial charge in [0.1, 0.15) is 6.04 Å². The second kappa shape index (κ2) is 8.31. The first-order valence-corrected chi connectivity index (χ1v) is 5.90. The number of rotatable bonds is 5. The Bertz CT molecular complexity index is 261. The zero-order valence-electron chi connectivity index (χ0n) is 10.3. The first-order chi connectivity index (χ1) is 7.66. The van der Waals surface area contributed by atoms with Gasteiger partial charge in [-0.2, -0.15) is 0 Å². The standard InChI is InChI=1S/C11H21N3O2.ClH/c1-13-7-4-6-10(15)14-8-3-2-5-9(14)11(12)16;/h9,13H,2-8H2,1H3,(H2,12,16);1H. The summed E-state index contributed by atoms with van der Waals surface area (Å²) in [6.07, 6.45) is 3.96. The van der Waals surface area contributed by atoms with Crippen molar-refractivity contribution in [3.05, 3.63) is 0 Å². The van der Waals surface area contributed by atoms with Gasteiger partial charge in [0.05, 0.1) is 0 Å². The summed E-state index contributed by atoms with van der Waals surface area (Å²) < 4.78 is 0. The number of likely N-dealkylation sites (tertiary alicyclic amines) is 1. The van der Waals surface area contributed by atoms with E-state index < -0.39 is 0 Å². The lowest BCUT2D eigenvalue weighted by molar-refractivity contribution is -0.141. The van der Waals surface area contributed by atoms with Gasteiger partial charge >= 0.3 is 0 Å². The molecule has 0 saturated carbocycles. The molecule has 1 aliphatic rings. The average Bonchev–Trinajstić information content (AvgIpc) is 2.29. The maximum atomic E-state index is 11.9. The Morgan fingerprint density at radius 2 is 2.12 bits per heavy atom. The van der Waals surface area contributed by atoms with E-state index in [1.165, 1.54) is 0 Å². The van der Waals surface area contributed by atoms with Gasteiger partial charge in [0.15, 0.2) is 0 Å². The molecule has 3 N–H and O–H groups in total. The van der Waals surface area contributed by atoms with Crippen molar-refractivity contribution in [1.82, 2.24) is 10.2 Å². The molecule has 1 rings (SSSR count). The number of carbonyl (C=O) groups is 2. The number of hydrogen-bond donors (Lipinski definition) is 2. The van der Waals surface area contributed by atoms with Gasteiger partial charge in [-0.15, -0.1) is 12.4 Å². The van der Waals surface area contributed by atoms with E-state index in [1.54, 1.807) is 4.90 Å². The molecule has 5 nitrogen and oxygen atoms in total. The summed E-state index contributed by atoms with van der Waals surface area (Å²) in [5.74, 6) is -0.319. The van der Waals surface area contributed by atoms with Crippen LogP contribution in [0.25, 0.3) is 0 Å².